The van der Waals surface area contributed by atoms with E-state index in [0.717, 1.165) is 31.3 Å². The monoisotopic (exact) mass is 230 g/mol. The van der Waals surface area contributed by atoms with Crippen molar-refractivity contribution in [2.24, 2.45) is 11.3 Å². The first-order valence-corrected chi connectivity index (χ1v) is 5.93. The summed E-state index contributed by atoms with van der Waals surface area (Å²) < 4.78 is 0. The Morgan fingerprint density at radius 2 is 2.07 bits per heavy atom. The molecule has 0 radical (unpaired) electrons. The Morgan fingerprint density at radius 1 is 1.53 bits per heavy atom. The molecule has 0 unspecified atom stereocenters. The van der Waals surface area contributed by atoms with Gasteiger partial charge in [0.2, 0.25) is 0 Å². The fourth-order valence-corrected chi connectivity index (χ4v) is 2.43. The molecule has 0 atom stereocenters. The van der Waals surface area contributed by atoms with Crippen LogP contribution in [0, 0.1) is 11.3 Å². The standard InChI is InChI=1S/C12H19ClO2/c1-9-3-5-12(6-4-9,11(14)15)7-10(2)8-13/h8-9H,3-7H2,1-2H3,(H,14,15). The van der Waals surface area contributed by atoms with Crippen molar-refractivity contribution >= 4 is 17.6 Å². The summed E-state index contributed by atoms with van der Waals surface area (Å²) in [5.41, 5.74) is 1.92. The molecule has 0 heterocycles. The van der Waals surface area contributed by atoms with E-state index < -0.39 is 11.4 Å². The van der Waals surface area contributed by atoms with Gasteiger partial charge in [-0.3, -0.25) is 4.79 Å². The van der Waals surface area contributed by atoms with Crippen molar-refractivity contribution in [2.45, 2.75) is 46.0 Å². The Labute approximate surface area is 96.3 Å². The smallest absolute Gasteiger partial charge is 0.309 e. The lowest BCUT2D eigenvalue weighted by molar-refractivity contribution is -0.151. The molecule has 1 rings (SSSR count). The van der Waals surface area contributed by atoms with Crippen LogP contribution in [0.4, 0.5) is 0 Å². The van der Waals surface area contributed by atoms with Crippen LogP contribution in [0.3, 0.4) is 0 Å². The van der Waals surface area contributed by atoms with E-state index in [4.69, 9.17) is 11.6 Å². The van der Waals surface area contributed by atoms with E-state index in [9.17, 15) is 9.90 Å². The Morgan fingerprint density at radius 3 is 2.47 bits per heavy atom. The molecule has 3 heteroatoms. The third kappa shape index (κ3) is 2.97. The van der Waals surface area contributed by atoms with Gasteiger partial charge in [-0.1, -0.05) is 24.1 Å². The van der Waals surface area contributed by atoms with Gasteiger partial charge < -0.3 is 5.11 Å². The van der Waals surface area contributed by atoms with Gasteiger partial charge in [0.1, 0.15) is 0 Å². The van der Waals surface area contributed by atoms with Crippen LogP contribution < -0.4 is 0 Å². The molecule has 86 valence electrons. The van der Waals surface area contributed by atoms with Crippen LogP contribution in [0.2, 0.25) is 0 Å². The maximum Gasteiger partial charge on any atom is 0.309 e. The van der Waals surface area contributed by atoms with Crippen molar-refractivity contribution < 1.29 is 9.90 Å². The molecule has 0 aliphatic heterocycles. The van der Waals surface area contributed by atoms with Gasteiger partial charge in [0.15, 0.2) is 0 Å². The van der Waals surface area contributed by atoms with E-state index in [2.05, 4.69) is 6.92 Å². The van der Waals surface area contributed by atoms with Gasteiger partial charge >= 0.3 is 5.97 Å². The van der Waals surface area contributed by atoms with Crippen molar-refractivity contribution in [3.8, 4) is 0 Å². The summed E-state index contributed by atoms with van der Waals surface area (Å²) in [5.74, 6) is 0.00466. The molecule has 1 aliphatic rings. The predicted molar refractivity (Wildman–Crippen MR) is 61.9 cm³/mol. The van der Waals surface area contributed by atoms with Crippen LogP contribution >= 0.6 is 11.6 Å². The molecular formula is C12H19ClO2. The quantitative estimate of drug-likeness (QED) is 0.801. The third-order valence-corrected chi connectivity index (χ3v) is 3.86. The summed E-state index contributed by atoms with van der Waals surface area (Å²) >= 11 is 5.61. The summed E-state index contributed by atoms with van der Waals surface area (Å²) in [4.78, 5) is 11.4. The first-order chi connectivity index (χ1) is 7.00. The number of rotatable bonds is 3. The lowest BCUT2D eigenvalue weighted by Gasteiger charge is -2.36. The molecular weight excluding hydrogens is 212 g/mol. The molecule has 15 heavy (non-hydrogen) atoms. The lowest BCUT2D eigenvalue weighted by atomic mass is 9.68. The largest absolute Gasteiger partial charge is 0.481 e. The minimum Gasteiger partial charge on any atom is -0.481 e. The second-order valence-corrected chi connectivity index (χ2v) is 5.12. The Bertz CT molecular complexity index is 263. The fourth-order valence-electron chi connectivity index (χ4n) is 2.35. The number of aliphatic carboxylic acids is 1. The second kappa shape index (κ2) is 5.02. The minimum atomic E-state index is -0.660. The van der Waals surface area contributed by atoms with Gasteiger partial charge in [0.05, 0.1) is 5.41 Å². The lowest BCUT2D eigenvalue weighted by Crippen LogP contribution is -2.35. The van der Waals surface area contributed by atoms with Gasteiger partial charge in [-0.05, 0) is 44.9 Å². The average Bonchev–Trinajstić information content (AvgIpc) is 2.21. The van der Waals surface area contributed by atoms with Gasteiger partial charge in [0.25, 0.3) is 0 Å². The molecule has 0 saturated heterocycles. The van der Waals surface area contributed by atoms with Crippen molar-refractivity contribution in [2.75, 3.05) is 0 Å². The number of carboxylic acid groups (broad SMARTS) is 1. The zero-order chi connectivity index (χ0) is 11.5. The summed E-state index contributed by atoms with van der Waals surface area (Å²) in [6.07, 6.45) is 4.19. The first-order valence-electron chi connectivity index (χ1n) is 5.49. The second-order valence-electron chi connectivity index (χ2n) is 4.90. The molecule has 0 aromatic carbocycles. The number of halogens is 1. The summed E-state index contributed by atoms with van der Waals surface area (Å²) in [7, 11) is 0. The highest BCUT2D eigenvalue weighted by molar-refractivity contribution is 6.25. The van der Waals surface area contributed by atoms with Crippen molar-refractivity contribution in [3.63, 3.8) is 0 Å². The van der Waals surface area contributed by atoms with E-state index in [0.29, 0.717) is 12.3 Å². The van der Waals surface area contributed by atoms with Gasteiger partial charge in [0, 0.05) is 5.54 Å². The highest BCUT2D eigenvalue weighted by Crippen LogP contribution is 2.43. The van der Waals surface area contributed by atoms with E-state index in [1.807, 2.05) is 6.92 Å². The van der Waals surface area contributed by atoms with Crippen molar-refractivity contribution in [3.05, 3.63) is 11.1 Å². The zero-order valence-electron chi connectivity index (χ0n) is 9.42. The predicted octanol–water partition coefficient (Wildman–Crippen LogP) is 3.80. The topological polar surface area (TPSA) is 37.3 Å². The highest BCUT2D eigenvalue weighted by atomic mass is 35.5. The van der Waals surface area contributed by atoms with Crippen LogP contribution in [0.25, 0.3) is 0 Å². The molecule has 0 spiro atoms. The Balaban J connectivity index is 2.76. The Kier molecular flexibility index (Phi) is 4.21. The van der Waals surface area contributed by atoms with Gasteiger partial charge in [-0.15, -0.1) is 0 Å². The molecule has 0 aromatic rings. The van der Waals surface area contributed by atoms with Crippen LogP contribution in [-0.4, -0.2) is 11.1 Å². The minimum absolute atomic E-state index is 0.554. The molecule has 0 amide bonds. The number of hydrogen-bond donors (Lipinski definition) is 1. The first kappa shape index (κ1) is 12.6. The SMILES string of the molecule is CC(=CCl)CC1(C(=O)O)CCC(C)CC1. The summed E-state index contributed by atoms with van der Waals surface area (Å²) in [5, 5.41) is 9.35. The highest BCUT2D eigenvalue weighted by Gasteiger charge is 2.40. The van der Waals surface area contributed by atoms with Crippen LogP contribution in [-0.2, 0) is 4.79 Å². The molecule has 1 aliphatic carbocycles. The number of hydrogen-bond acceptors (Lipinski definition) is 1. The van der Waals surface area contributed by atoms with Crippen molar-refractivity contribution in [1.29, 1.82) is 0 Å². The molecule has 1 saturated carbocycles. The average molecular weight is 231 g/mol. The zero-order valence-corrected chi connectivity index (χ0v) is 10.2. The number of carboxylic acids is 1. The fraction of sp³-hybridized carbons (Fsp3) is 0.750. The number of allylic oxidation sites excluding steroid dienone is 1. The summed E-state index contributed by atoms with van der Waals surface area (Å²) in [6.45, 7) is 4.09. The van der Waals surface area contributed by atoms with Gasteiger partial charge in [-0.25, -0.2) is 0 Å². The van der Waals surface area contributed by atoms with Crippen molar-refractivity contribution in [1.82, 2.24) is 0 Å². The normalized spacial score (nSPS) is 32.7. The molecule has 2 nitrogen and oxygen atoms in total. The maximum absolute atomic E-state index is 11.4. The van der Waals surface area contributed by atoms with Crippen LogP contribution in [0.5, 0.6) is 0 Å². The molecule has 0 aromatic heterocycles. The van der Waals surface area contributed by atoms with Crippen LogP contribution in [0.15, 0.2) is 11.1 Å². The third-order valence-electron chi connectivity index (χ3n) is 3.49. The van der Waals surface area contributed by atoms with Gasteiger partial charge in [-0.2, -0.15) is 0 Å². The van der Waals surface area contributed by atoms with E-state index in [-0.39, 0.29) is 0 Å². The molecule has 1 N–H and O–H groups in total. The maximum atomic E-state index is 11.4. The molecule has 1 fully saturated rings. The van der Waals surface area contributed by atoms with E-state index in [1.54, 1.807) is 0 Å². The molecule has 0 bridgehead atoms. The van der Waals surface area contributed by atoms with E-state index >= 15 is 0 Å². The number of carbonyl (C=O) groups is 1. The van der Waals surface area contributed by atoms with Crippen LogP contribution in [0.1, 0.15) is 46.0 Å². The Hall–Kier alpha value is -0.500. The van der Waals surface area contributed by atoms with E-state index in [1.165, 1.54) is 5.54 Å². The summed E-state index contributed by atoms with van der Waals surface area (Å²) in [6, 6.07) is 0.